The number of ketones is 1. The molecule has 2 heterocycles. The van der Waals surface area contributed by atoms with Crippen LogP contribution in [0, 0.1) is 11.3 Å². The van der Waals surface area contributed by atoms with Gasteiger partial charge in [0, 0.05) is 43.9 Å². The van der Waals surface area contributed by atoms with E-state index < -0.39 is 6.04 Å². The summed E-state index contributed by atoms with van der Waals surface area (Å²) >= 11 is 0. The van der Waals surface area contributed by atoms with Crippen LogP contribution in [-0.2, 0) is 4.79 Å². The van der Waals surface area contributed by atoms with Crippen LogP contribution in [0.3, 0.4) is 0 Å². The first kappa shape index (κ1) is 18.7. The Hall–Kier alpha value is -3.66. The molecule has 0 radical (unpaired) electrons. The number of guanidine groups is 1. The molecular weight excluding hydrogens is 366 g/mol. The zero-order valence-corrected chi connectivity index (χ0v) is 15.9. The quantitative estimate of drug-likeness (QED) is 0.805. The predicted molar refractivity (Wildman–Crippen MR) is 110 cm³/mol. The van der Waals surface area contributed by atoms with Gasteiger partial charge in [0.1, 0.15) is 6.04 Å². The number of para-hydroxylation sites is 1. The van der Waals surface area contributed by atoms with Crippen LogP contribution in [0.15, 0.2) is 59.6 Å². The Bertz CT molecular complexity index is 988. The van der Waals surface area contributed by atoms with Crippen molar-refractivity contribution in [3.8, 4) is 6.07 Å². The summed E-state index contributed by atoms with van der Waals surface area (Å²) in [5.74, 6) is 0.0415. The van der Waals surface area contributed by atoms with Crippen molar-refractivity contribution in [3.05, 3.63) is 65.7 Å². The first-order valence-electron chi connectivity index (χ1n) is 9.61. The Balaban J connectivity index is 1.34. The van der Waals surface area contributed by atoms with Gasteiger partial charge in [-0.3, -0.25) is 9.59 Å². The molecule has 0 aromatic heterocycles. The maximum absolute atomic E-state index is 12.5. The summed E-state index contributed by atoms with van der Waals surface area (Å²) in [4.78, 5) is 33.3. The smallest absolute Gasteiger partial charge is 0.271 e. The van der Waals surface area contributed by atoms with Crippen molar-refractivity contribution in [2.24, 2.45) is 4.99 Å². The van der Waals surface area contributed by atoms with Crippen LogP contribution in [0.1, 0.15) is 22.3 Å². The highest BCUT2D eigenvalue weighted by Gasteiger charge is 2.32. The van der Waals surface area contributed by atoms with E-state index in [0.29, 0.717) is 17.1 Å². The maximum atomic E-state index is 12.5. The molecular formula is C22H21N5O2. The van der Waals surface area contributed by atoms with Crippen LogP contribution >= 0.6 is 0 Å². The van der Waals surface area contributed by atoms with Gasteiger partial charge in [-0.15, -0.1) is 0 Å². The van der Waals surface area contributed by atoms with E-state index in [1.807, 2.05) is 24.3 Å². The molecule has 7 heteroatoms. The Morgan fingerprint density at radius 2 is 1.79 bits per heavy atom. The average Bonchev–Trinajstić information content (AvgIpc) is 3.14. The number of nitrogens with one attached hydrogen (secondary N) is 1. The molecule has 2 aliphatic rings. The van der Waals surface area contributed by atoms with Crippen LogP contribution in [0.2, 0.25) is 0 Å². The molecule has 1 unspecified atom stereocenters. The van der Waals surface area contributed by atoms with Crippen LogP contribution < -0.4 is 10.2 Å². The van der Waals surface area contributed by atoms with E-state index in [2.05, 4.69) is 32.2 Å². The van der Waals surface area contributed by atoms with E-state index in [1.54, 1.807) is 24.3 Å². The Morgan fingerprint density at radius 1 is 1.07 bits per heavy atom. The SMILES string of the molecule is N#Cc1cccc(C(=O)CC2NC(N3CCN(c4ccccc4)CC3)=NC2=O)c1. The third kappa shape index (κ3) is 4.11. The molecule has 29 heavy (non-hydrogen) atoms. The van der Waals surface area contributed by atoms with Crippen LogP contribution in [0.5, 0.6) is 0 Å². The molecule has 0 spiro atoms. The molecule has 2 aromatic rings. The number of anilines is 1. The first-order chi connectivity index (χ1) is 14.1. The van der Waals surface area contributed by atoms with Crippen molar-refractivity contribution in [2.75, 3.05) is 31.1 Å². The number of nitriles is 1. The lowest BCUT2D eigenvalue weighted by Crippen LogP contribution is -2.52. The van der Waals surface area contributed by atoms with Crippen molar-refractivity contribution >= 4 is 23.3 Å². The largest absolute Gasteiger partial charge is 0.368 e. The molecule has 1 amide bonds. The second-order valence-corrected chi connectivity index (χ2v) is 7.10. The number of piperazine rings is 1. The third-order valence-electron chi connectivity index (χ3n) is 5.22. The minimum absolute atomic E-state index is 0.0185. The molecule has 4 rings (SSSR count). The third-order valence-corrected chi connectivity index (χ3v) is 5.22. The van der Waals surface area contributed by atoms with Gasteiger partial charge in [-0.05, 0) is 24.3 Å². The zero-order valence-electron chi connectivity index (χ0n) is 15.9. The summed E-state index contributed by atoms with van der Waals surface area (Å²) in [7, 11) is 0. The molecule has 0 saturated carbocycles. The number of rotatable bonds is 4. The highest BCUT2D eigenvalue weighted by molar-refractivity contribution is 6.07. The maximum Gasteiger partial charge on any atom is 0.271 e. The lowest BCUT2D eigenvalue weighted by molar-refractivity contribution is -0.118. The van der Waals surface area contributed by atoms with Crippen molar-refractivity contribution in [3.63, 3.8) is 0 Å². The first-order valence-corrected chi connectivity index (χ1v) is 9.61. The molecule has 7 nitrogen and oxygen atoms in total. The number of Topliss-reactive ketones (excluding diaryl/α,β-unsaturated/α-hetero) is 1. The number of amides is 1. The van der Waals surface area contributed by atoms with Crippen molar-refractivity contribution < 1.29 is 9.59 Å². The summed E-state index contributed by atoms with van der Waals surface area (Å²) < 4.78 is 0. The summed E-state index contributed by atoms with van der Waals surface area (Å²) in [5, 5.41) is 12.1. The normalized spacial score (nSPS) is 18.8. The van der Waals surface area contributed by atoms with Gasteiger partial charge in [-0.25, -0.2) is 0 Å². The standard InChI is InChI=1S/C22H21N5O2/c23-15-16-5-4-6-17(13-16)20(28)14-19-21(29)25-22(24-19)27-11-9-26(10-12-27)18-7-2-1-3-8-18/h1-8,13,19H,9-12,14H2,(H,24,25,29). The molecule has 0 bridgehead atoms. The Labute approximate surface area is 169 Å². The topological polar surface area (TPSA) is 88.8 Å². The van der Waals surface area contributed by atoms with Crippen LogP contribution in [0.4, 0.5) is 5.69 Å². The van der Waals surface area contributed by atoms with E-state index in [4.69, 9.17) is 5.26 Å². The number of nitrogens with zero attached hydrogens (tertiary/aromatic N) is 4. The monoisotopic (exact) mass is 387 g/mol. The van der Waals surface area contributed by atoms with Crippen molar-refractivity contribution in [1.82, 2.24) is 10.2 Å². The summed E-state index contributed by atoms with van der Waals surface area (Å²) in [6, 6.07) is 18.1. The van der Waals surface area contributed by atoms with Gasteiger partial charge in [0.05, 0.1) is 11.6 Å². The Morgan fingerprint density at radius 3 is 2.52 bits per heavy atom. The van der Waals surface area contributed by atoms with Crippen LogP contribution in [0.25, 0.3) is 0 Å². The fourth-order valence-electron chi connectivity index (χ4n) is 3.61. The molecule has 1 fully saturated rings. The highest BCUT2D eigenvalue weighted by Crippen LogP contribution is 2.17. The lowest BCUT2D eigenvalue weighted by atomic mass is 10.0. The molecule has 1 atom stereocenters. The van der Waals surface area contributed by atoms with Gasteiger partial charge in [0.2, 0.25) is 5.96 Å². The molecule has 1 N–H and O–H groups in total. The fraction of sp³-hybridized carbons (Fsp3) is 0.273. The zero-order chi connectivity index (χ0) is 20.2. The van der Waals surface area contributed by atoms with E-state index in [1.165, 1.54) is 5.69 Å². The Kier molecular flexibility index (Phi) is 5.25. The van der Waals surface area contributed by atoms with Crippen LogP contribution in [-0.4, -0.2) is 54.8 Å². The molecule has 1 saturated heterocycles. The molecule has 0 aliphatic carbocycles. The summed E-state index contributed by atoms with van der Waals surface area (Å²) in [5.41, 5.74) is 2.05. The van der Waals surface area contributed by atoms with Gasteiger partial charge in [-0.2, -0.15) is 10.3 Å². The second-order valence-electron chi connectivity index (χ2n) is 7.10. The van der Waals surface area contributed by atoms with E-state index in [9.17, 15) is 9.59 Å². The molecule has 2 aromatic carbocycles. The molecule has 146 valence electrons. The predicted octanol–water partition coefficient (Wildman–Crippen LogP) is 1.81. The minimum atomic E-state index is -0.657. The number of aliphatic imine (C=N–C) groups is 1. The summed E-state index contributed by atoms with van der Waals surface area (Å²) in [6.45, 7) is 3.17. The van der Waals surface area contributed by atoms with E-state index in [-0.39, 0.29) is 18.1 Å². The van der Waals surface area contributed by atoms with Crippen molar-refractivity contribution in [2.45, 2.75) is 12.5 Å². The van der Waals surface area contributed by atoms with Gasteiger partial charge in [-0.1, -0.05) is 30.3 Å². The second kappa shape index (κ2) is 8.15. The van der Waals surface area contributed by atoms with Gasteiger partial charge < -0.3 is 15.1 Å². The highest BCUT2D eigenvalue weighted by atomic mass is 16.2. The number of hydrogen-bond donors (Lipinski definition) is 1. The summed E-state index contributed by atoms with van der Waals surface area (Å²) in [6.07, 6.45) is 0.0185. The van der Waals surface area contributed by atoms with Gasteiger partial charge in [0.25, 0.3) is 5.91 Å². The van der Waals surface area contributed by atoms with E-state index in [0.717, 1.165) is 26.2 Å². The number of carbonyl (C=O) groups excluding carboxylic acids is 2. The van der Waals surface area contributed by atoms with Gasteiger partial charge in [0.15, 0.2) is 5.78 Å². The minimum Gasteiger partial charge on any atom is -0.368 e. The fourth-order valence-corrected chi connectivity index (χ4v) is 3.61. The van der Waals surface area contributed by atoms with Crippen molar-refractivity contribution in [1.29, 1.82) is 5.26 Å². The number of benzene rings is 2. The molecule has 2 aliphatic heterocycles. The van der Waals surface area contributed by atoms with E-state index >= 15 is 0 Å². The number of carbonyl (C=O) groups is 2. The number of hydrogen-bond acceptors (Lipinski definition) is 6. The van der Waals surface area contributed by atoms with Gasteiger partial charge >= 0.3 is 0 Å². The average molecular weight is 387 g/mol. The lowest BCUT2D eigenvalue weighted by Gasteiger charge is -2.37.